The molecule has 0 amide bonds. The zero-order chi connectivity index (χ0) is 18.4. The van der Waals surface area contributed by atoms with Crippen LogP contribution in [0.2, 0.25) is 0 Å². The predicted molar refractivity (Wildman–Crippen MR) is 115 cm³/mol. The second kappa shape index (κ2) is 10.7. The Kier molecular flexibility index (Phi) is 8.68. The van der Waals surface area contributed by atoms with Crippen LogP contribution in [0.1, 0.15) is 35.2 Å². The number of alkyl halides is 1. The van der Waals surface area contributed by atoms with E-state index in [1.807, 2.05) is 42.5 Å². The smallest absolute Gasteiger partial charge is 0.176 e. The van der Waals surface area contributed by atoms with E-state index in [-0.39, 0.29) is 28.8 Å². The number of hydrogen-bond donors (Lipinski definition) is 0. The van der Waals surface area contributed by atoms with Crippen molar-refractivity contribution in [3.8, 4) is 0 Å². The molecule has 0 aliphatic carbocycles. The molecule has 1 atom stereocenters. The summed E-state index contributed by atoms with van der Waals surface area (Å²) in [7, 11) is 0. The number of piperidine rings is 1. The highest BCUT2D eigenvalue weighted by molar-refractivity contribution is 9.10. The van der Waals surface area contributed by atoms with Gasteiger partial charge in [-0.25, -0.2) is 4.39 Å². The van der Waals surface area contributed by atoms with Crippen LogP contribution >= 0.6 is 28.3 Å². The van der Waals surface area contributed by atoms with E-state index < -0.39 is 0 Å². The lowest BCUT2D eigenvalue weighted by Crippen LogP contribution is -2.33. The van der Waals surface area contributed by atoms with Crippen LogP contribution in [-0.2, 0) is 0 Å². The molecule has 1 unspecified atom stereocenters. The maximum Gasteiger partial charge on any atom is 0.176 e. The maximum atomic E-state index is 13.0. The third-order valence-electron chi connectivity index (χ3n) is 4.78. The molecule has 1 aliphatic rings. The second-order valence-electron chi connectivity index (χ2n) is 6.68. The molecule has 2 aromatic carbocycles. The number of rotatable bonds is 6. The molecule has 0 saturated carbocycles. The summed E-state index contributed by atoms with van der Waals surface area (Å²) in [6.07, 6.45) is 5.03. The van der Waals surface area contributed by atoms with Crippen molar-refractivity contribution in [2.75, 3.05) is 19.6 Å². The highest BCUT2D eigenvalue weighted by Crippen LogP contribution is 2.21. The van der Waals surface area contributed by atoms with Crippen molar-refractivity contribution in [2.45, 2.75) is 24.1 Å². The van der Waals surface area contributed by atoms with Crippen molar-refractivity contribution in [2.24, 2.45) is 0 Å². The number of ketones is 1. The molecule has 0 aromatic heterocycles. The molecular weight excluding hydrogens is 429 g/mol. The molecule has 144 valence electrons. The Morgan fingerprint density at radius 2 is 1.70 bits per heavy atom. The SMILES string of the molecule is Cl.O=C(c1ccccc1)C(Br)CCN1CCC(=Cc2ccc(F)cc2)CC1. The number of carbonyl (C=O) groups excluding carboxylic acids is 1. The summed E-state index contributed by atoms with van der Waals surface area (Å²) >= 11 is 3.55. The van der Waals surface area contributed by atoms with Crippen molar-refractivity contribution in [1.82, 2.24) is 4.90 Å². The van der Waals surface area contributed by atoms with Gasteiger partial charge in [-0.1, -0.05) is 70.0 Å². The lowest BCUT2D eigenvalue weighted by molar-refractivity contribution is 0.0983. The Bertz CT molecular complexity index is 754. The monoisotopic (exact) mass is 451 g/mol. The van der Waals surface area contributed by atoms with Crippen LogP contribution < -0.4 is 0 Å². The van der Waals surface area contributed by atoms with Gasteiger partial charge in [0.1, 0.15) is 5.82 Å². The number of Topliss-reactive ketones (excluding diaryl/α,β-unsaturated/α-hetero) is 1. The van der Waals surface area contributed by atoms with Crippen molar-refractivity contribution >= 4 is 40.2 Å². The molecule has 1 fully saturated rings. The van der Waals surface area contributed by atoms with E-state index in [0.29, 0.717) is 0 Å². The molecule has 2 nitrogen and oxygen atoms in total. The molecule has 1 saturated heterocycles. The molecule has 0 radical (unpaired) electrons. The highest BCUT2D eigenvalue weighted by atomic mass is 79.9. The van der Waals surface area contributed by atoms with E-state index in [1.54, 1.807) is 0 Å². The van der Waals surface area contributed by atoms with Gasteiger partial charge in [-0.05, 0) is 43.5 Å². The molecule has 0 bridgehead atoms. The van der Waals surface area contributed by atoms with E-state index in [0.717, 1.165) is 50.0 Å². The molecular formula is C22H24BrClFNO. The van der Waals surface area contributed by atoms with Gasteiger partial charge in [0.2, 0.25) is 0 Å². The standard InChI is InChI=1S/C22H23BrFNO.ClH/c23-21(22(26)19-4-2-1-3-5-19)12-15-25-13-10-18(11-14-25)16-17-6-8-20(24)9-7-17;/h1-9,16,21H,10-15H2;1H. The Morgan fingerprint density at radius 3 is 2.33 bits per heavy atom. The molecule has 1 aliphatic heterocycles. The minimum atomic E-state index is -0.198. The Hall–Kier alpha value is -1.49. The van der Waals surface area contributed by atoms with Gasteiger partial charge in [0.15, 0.2) is 5.78 Å². The first-order chi connectivity index (χ1) is 12.6. The lowest BCUT2D eigenvalue weighted by Gasteiger charge is -2.29. The fourth-order valence-electron chi connectivity index (χ4n) is 3.21. The summed E-state index contributed by atoms with van der Waals surface area (Å²) in [5.41, 5.74) is 3.23. The highest BCUT2D eigenvalue weighted by Gasteiger charge is 2.19. The van der Waals surface area contributed by atoms with E-state index in [4.69, 9.17) is 0 Å². The normalized spacial score (nSPS) is 15.7. The predicted octanol–water partition coefficient (Wildman–Crippen LogP) is 5.76. The van der Waals surface area contributed by atoms with Crippen LogP contribution in [-0.4, -0.2) is 35.1 Å². The number of likely N-dealkylation sites (tertiary alicyclic amines) is 1. The van der Waals surface area contributed by atoms with Crippen molar-refractivity contribution < 1.29 is 9.18 Å². The minimum absolute atomic E-state index is 0. The number of benzene rings is 2. The van der Waals surface area contributed by atoms with Gasteiger partial charge in [-0.3, -0.25) is 4.79 Å². The van der Waals surface area contributed by atoms with Crippen molar-refractivity contribution in [1.29, 1.82) is 0 Å². The van der Waals surface area contributed by atoms with Gasteiger partial charge in [0.25, 0.3) is 0 Å². The third kappa shape index (κ3) is 6.56. The van der Waals surface area contributed by atoms with Crippen LogP contribution in [0.25, 0.3) is 6.08 Å². The van der Waals surface area contributed by atoms with Gasteiger partial charge in [0.05, 0.1) is 4.83 Å². The van der Waals surface area contributed by atoms with Crippen LogP contribution in [0, 0.1) is 5.82 Å². The van der Waals surface area contributed by atoms with E-state index in [2.05, 4.69) is 26.9 Å². The number of nitrogens with zero attached hydrogens (tertiary/aromatic N) is 1. The fraction of sp³-hybridized carbons (Fsp3) is 0.318. The zero-order valence-corrected chi connectivity index (χ0v) is 17.5. The summed E-state index contributed by atoms with van der Waals surface area (Å²) in [4.78, 5) is 14.7. The summed E-state index contributed by atoms with van der Waals surface area (Å²) in [6, 6.07) is 16.1. The maximum absolute atomic E-state index is 13.0. The summed E-state index contributed by atoms with van der Waals surface area (Å²) in [6.45, 7) is 2.93. The lowest BCUT2D eigenvalue weighted by atomic mass is 10.0. The fourth-order valence-corrected chi connectivity index (χ4v) is 3.68. The molecule has 0 N–H and O–H groups in total. The van der Waals surface area contributed by atoms with Crippen LogP contribution in [0.5, 0.6) is 0 Å². The Labute approximate surface area is 175 Å². The Morgan fingerprint density at radius 1 is 1.07 bits per heavy atom. The second-order valence-corrected chi connectivity index (χ2v) is 7.79. The first-order valence-electron chi connectivity index (χ1n) is 9.02. The molecule has 0 spiro atoms. The van der Waals surface area contributed by atoms with Crippen LogP contribution in [0.15, 0.2) is 60.2 Å². The van der Waals surface area contributed by atoms with E-state index >= 15 is 0 Å². The van der Waals surface area contributed by atoms with Gasteiger partial charge >= 0.3 is 0 Å². The number of halogens is 3. The summed E-state index contributed by atoms with van der Waals surface area (Å²) in [5, 5.41) is 0. The third-order valence-corrected chi connectivity index (χ3v) is 5.65. The molecule has 5 heteroatoms. The van der Waals surface area contributed by atoms with Crippen molar-refractivity contribution in [3.05, 3.63) is 77.1 Å². The summed E-state index contributed by atoms with van der Waals surface area (Å²) < 4.78 is 13.0. The van der Waals surface area contributed by atoms with Crippen LogP contribution in [0.3, 0.4) is 0 Å². The molecule has 27 heavy (non-hydrogen) atoms. The molecule has 3 rings (SSSR count). The van der Waals surface area contributed by atoms with Gasteiger partial charge < -0.3 is 4.90 Å². The first kappa shape index (κ1) is 21.8. The largest absolute Gasteiger partial charge is 0.303 e. The zero-order valence-electron chi connectivity index (χ0n) is 15.1. The number of carbonyl (C=O) groups is 1. The topological polar surface area (TPSA) is 20.3 Å². The van der Waals surface area contributed by atoms with Gasteiger partial charge in [-0.15, -0.1) is 12.4 Å². The van der Waals surface area contributed by atoms with Gasteiger partial charge in [-0.2, -0.15) is 0 Å². The van der Waals surface area contributed by atoms with E-state index in [1.165, 1.54) is 17.7 Å². The minimum Gasteiger partial charge on any atom is -0.303 e. The van der Waals surface area contributed by atoms with Gasteiger partial charge in [0, 0.05) is 18.7 Å². The first-order valence-corrected chi connectivity index (χ1v) is 9.94. The average Bonchev–Trinajstić information content (AvgIpc) is 2.69. The van der Waals surface area contributed by atoms with Crippen molar-refractivity contribution in [3.63, 3.8) is 0 Å². The average molecular weight is 453 g/mol. The van der Waals surface area contributed by atoms with Crippen LogP contribution in [0.4, 0.5) is 4.39 Å². The molecule has 2 aromatic rings. The Balaban J connectivity index is 0.00000261. The quantitative estimate of drug-likeness (QED) is 0.410. The number of hydrogen-bond acceptors (Lipinski definition) is 2. The molecule has 1 heterocycles. The summed E-state index contributed by atoms with van der Waals surface area (Å²) in [5.74, 6) is -0.0455. The van der Waals surface area contributed by atoms with E-state index in [9.17, 15) is 9.18 Å².